The van der Waals surface area contributed by atoms with Gasteiger partial charge in [0, 0.05) is 10.5 Å². The maximum absolute atomic E-state index is 13.5. The normalized spacial score (nSPS) is 29.2. The summed E-state index contributed by atoms with van der Waals surface area (Å²) in [6.45, 7) is 4.66. The predicted octanol–water partition coefficient (Wildman–Crippen LogP) is 4.92. The molecular weight excluding hydrogens is 305 g/mol. The third-order valence-corrected chi connectivity index (χ3v) is 5.01. The first-order chi connectivity index (χ1) is 9.01. The Morgan fingerprint density at radius 2 is 1.84 bits per heavy atom. The van der Waals surface area contributed by atoms with Crippen molar-refractivity contribution in [1.82, 2.24) is 5.32 Å². The summed E-state index contributed by atoms with van der Waals surface area (Å²) in [5, 5.41) is 3.40. The second-order valence-electron chi connectivity index (χ2n) is 6.11. The van der Waals surface area contributed by atoms with Crippen LogP contribution >= 0.6 is 15.9 Å². The summed E-state index contributed by atoms with van der Waals surface area (Å²) in [5.41, 5.74) is 1.05. The van der Waals surface area contributed by atoms with E-state index in [0.717, 1.165) is 21.9 Å². The van der Waals surface area contributed by atoms with Crippen LogP contribution in [0.2, 0.25) is 0 Å². The summed E-state index contributed by atoms with van der Waals surface area (Å²) < 4.78 is 14.5. The number of hydrogen-bond donors (Lipinski definition) is 1. The Kier molecular flexibility index (Phi) is 5.02. The molecule has 0 aliphatic heterocycles. The molecule has 1 aromatic carbocycles. The molecule has 1 aliphatic rings. The van der Waals surface area contributed by atoms with E-state index in [1.807, 2.05) is 13.1 Å². The van der Waals surface area contributed by atoms with E-state index in [2.05, 4.69) is 35.1 Å². The fourth-order valence-corrected chi connectivity index (χ4v) is 4.17. The molecule has 0 saturated heterocycles. The minimum Gasteiger partial charge on any atom is -0.313 e. The summed E-state index contributed by atoms with van der Waals surface area (Å²) in [5.74, 6) is 1.95. The lowest BCUT2D eigenvalue weighted by molar-refractivity contribution is 0.180. The van der Waals surface area contributed by atoms with E-state index in [9.17, 15) is 4.39 Å². The van der Waals surface area contributed by atoms with Crippen LogP contribution < -0.4 is 5.32 Å². The number of rotatable bonds is 3. The molecule has 0 heterocycles. The van der Waals surface area contributed by atoms with Crippen molar-refractivity contribution in [2.75, 3.05) is 7.05 Å². The lowest BCUT2D eigenvalue weighted by Crippen LogP contribution is -2.31. The maximum atomic E-state index is 13.5. The van der Waals surface area contributed by atoms with Gasteiger partial charge in [-0.2, -0.15) is 0 Å². The number of halogens is 2. The molecule has 19 heavy (non-hydrogen) atoms. The fourth-order valence-electron chi connectivity index (χ4n) is 3.68. The summed E-state index contributed by atoms with van der Waals surface area (Å²) in [6.07, 6.45) is 3.76. The van der Waals surface area contributed by atoms with E-state index in [0.29, 0.717) is 5.92 Å². The Morgan fingerprint density at radius 1 is 1.21 bits per heavy atom. The SMILES string of the molecule is CNC(c1cc(F)ccc1Br)C1CC(C)CC(C)C1. The zero-order valence-corrected chi connectivity index (χ0v) is 13.5. The first kappa shape index (κ1) is 15.0. The minimum absolute atomic E-state index is 0.157. The van der Waals surface area contributed by atoms with Gasteiger partial charge in [-0.1, -0.05) is 29.8 Å². The highest BCUT2D eigenvalue weighted by molar-refractivity contribution is 9.10. The van der Waals surface area contributed by atoms with E-state index in [1.165, 1.54) is 25.3 Å². The molecule has 1 saturated carbocycles. The molecule has 0 aromatic heterocycles. The minimum atomic E-state index is -0.157. The van der Waals surface area contributed by atoms with Crippen LogP contribution in [-0.2, 0) is 0 Å². The molecule has 0 amide bonds. The highest BCUT2D eigenvalue weighted by Crippen LogP contribution is 2.41. The molecule has 2 rings (SSSR count). The molecule has 1 nitrogen and oxygen atoms in total. The smallest absolute Gasteiger partial charge is 0.123 e. The zero-order chi connectivity index (χ0) is 14.0. The van der Waals surface area contributed by atoms with Crippen molar-refractivity contribution < 1.29 is 4.39 Å². The molecule has 1 N–H and O–H groups in total. The number of benzene rings is 1. The van der Waals surface area contributed by atoms with Gasteiger partial charge < -0.3 is 5.32 Å². The van der Waals surface area contributed by atoms with Gasteiger partial charge in [-0.3, -0.25) is 0 Å². The van der Waals surface area contributed by atoms with Gasteiger partial charge in [0.05, 0.1) is 0 Å². The van der Waals surface area contributed by atoms with Crippen molar-refractivity contribution >= 4 is 15.9 Å². The zero-order valence-electron chi connectivity index (χ0n) is 11.9. The van der Waals surface area contributed by atoms with Gasteiger partial charge in [0.2, 0.25) is 0 Å². The average Bonchev–Trinajstić information content (AvgIpc) is 2.33. The molecule has 1 fully saturated rings. The highest BCUT2D eigenvalue weighted by Gasteiger charge is 2.31. The first-order valence-corrected chi connectivity index (χ1v) is 7.92. The van der Waals surface area contributed by atoms with Gasteiger partial charge in [0.1, 0.15) is 5.82 Å². The number of nitrogens with one attached hydrogen (secondary N) is 1. The van der Waals surface area contributed by atoms with Crippen molar-refractivity contribution in [2.24, 2.45) is 17.8 Å². The highest BCUT2D eigenvalue weighted by atomic mass is 79.9. The summed E-state index contributed by atoms with van der Waals surface area (Å²) >= 11 is 3.56. The maximum Gasteiger partial charge on any atom is 0.123 e. The molecule has 3 unspecified atom stereocenters. The first-order valence-electron chi connectivity index (χ1n) is 7.13. The molecule has 0 radical (unpaired) electrons. The second kappa shape index (κ2) is 6.36. The van der Waals surface area contributed by atoms with Crippen molar-refractivity contribution in [3.8, 4) is 0 Å². The molecule has 1 aliphatic carbocycles. The summed E-state index contributed by atoms with van der Waals surface area (Å²) in [6, 6.07) is 5.21. The lowest BCUT2D eigenvalue weighted by Gasteiger charge is -2.37. The van der Waals surface area contributed by atoms with Gasteiger partial charge in [0.15, 0.2) is 0 Å². The van der Waals surface area contributed by atoms with E-state index >= 15 is 0 Å². The van der Waals surface area contributed by atoms with E-state index in [-0.39, 0.29) is 11.9 Å². The van der Waals surface area contributed by atoms with E-state index < -0.39 is 0 Å². The predicted molar refractivity (Wildman–Crippen MR) is 81.6 cm³/mol. The molecule has 3 atom stereocenters. The Balaban J connectivity index is 2.26. The van der Waals surface area contributed by atoms with Crippen LogP contribution in [0.1, 0.15) is 44.7 Å². The van der Waals surface area contributed by atoms with Crippen molar-refractivity contribution in [3.05, 3.63) is 34.1 Å². The molecule has 106 valence electrons. The van der Waals surface area contributed by atoms with Gasteiger partial charge in [-0.25, -0.2) is 4.39 Å². The Labute approximate surface area is 124 Å². The van der Waals surface area contributed by atoms with Crippen LogP contribution in [0.3, 0.4) is 0 Å². The number of hydrogen-bond acceptors (Lipinski definition) is 1. The molecule has 3 heteroatoms. The van der Waals surface area contributed by atoms with Crippen LogP contribution in [0.15, 0.2) is 22.7 Å². The van der Waals surface area contributed by atoms with Gasteiger partial charge in [-0.05, 0) is 67.8 Å². The van der Waals surface area contributed by atoms with Crippen molar-refractivity contribution in [3.63, 3.8) is 0 Å². The molecule has 1 aromatic rings. The Bertz CT molecular complexity index is 425. The molecule has 0 spiro atoms. The van der Waals surface area contributed by atoms with E-state index in [1.54, 1.807) is 6.07 Å². The van der Waals surface area contributed by atoms with Gasteiger partial charge in [-0.15, -0.1) is 0 Å². The second-order valence-corrected chi connectivity index (χ2v) is 6.96. The third-order valence-electron chi connectivity index (χ3n) is 4.29. The standard InChI is InChI=1S/C16H23BrFN/c1-10-6-11(2)8-12(7-10)16(19-3)14-9-13(18)4-5-15(14)17/h4-5,9-12,16,19H,6-8H2,1-3H3. The summed E-state index contributed by atoms with van der Waals surface area (Å²) in [7, 11) is 1.98. The van der Waals surface area contributed by atoms with Crippen molar-refractivity contribution in [1.29, 1.82) is 0 Å². The monoisotopic (exact) mass is 327 g/mol. The average molecular weight is 328 g/mol. The van der Waals surface area contributed by atoms with Crippen LogP contribution in [0, 0.1) is 23.6 Å². The van der Waals surface area contributed by atoms with Crippen LogP contribution in [0.25, 0.3) is 0 Å². The topological polar surface area (TPSA) is 12.0 Å². The van der Waals surface area contributed by atoms with Gasteiger partial charge >= 0.3 is 0 Å². The molecule has 0 bridgehead atoms. The molecular formula is C16H23BrFN. The third kappa shape index (κ3) is 3.57. The summed E-state index contributed by atoms with van der Waals surface area (Å²) in [4.78, 5) is 0. The Morgan fingerprint density at radius 3 is 2.42 bits per heavy atom. The lowest BCUT2D eigenvalue weighted by atomic mass is 9.72. The van der Waals surface area contributed by atoms with Crippen LogP contribution in [0.5, 0.6) is 0 Å². The quantitative estimate of drug-likeness (QED) is 0.830. The van der Waals surface area contributed by atoms with Crippen molar-refractivity contribution in [2.45, 2.75) is 39.2 Å². The van der Waals surface area contributed by atoms with Crippen LogP contribution in [-0.4, -0.2) is 7.05 Å². The fraction of sp³-hybridized carbons (Fsp3) is 0.625. The largest absolute Gasteiger partial charge is 0.313 e. The van der Waals surface area contributed by atoms with Gasteiger partial charge in [0.25, 0.3) is 0 Å². The van der Waals surface area contributed by atoms with Crippen LogP contribution in [0.4, 0.5) is 4.39 Å². The Hall–Kier alpha value is -0.410. The van der Waals surface area contributed by atoms with E-state index in [4.69, 9.17) is 0 Å².